The zero-order chi connectivity index (χ0) is 24.1. The van der Waals surface area contributed by atoms with E-state index in [2.05, 4.69) is 74.5 Å². The Morgan fingerprint density at radius 3 is 1.71 bits per heavy atom. The van der Waals surface area contributed by atoms with E-state index in [9.17, 15) is 0 Å². The molecule has 0 aromatic heterocycles. The van der Waals surface area contributed by atoms with E-state index in [1.165, 1.54) is 119 Å². The van der Waals surface area contributed by atoms with Crippen LogP contribution in [0.4, 0.5) is 0 Å². The SMILES string of the molecule is CCCCCCC/C=C/c1ccc(OCc2ccc(CCCCCCCCCCC)cc2)cc1. The number of allylic oxidation sites excluding steroid dienone is 1. The Balaban J connectivity index is 1.57. The van der Waals surface area contributed by atoms with Gasteiger partial charge in [-0.2, -0.15) is 0 Å². The van der Waals surface area contributed by atoms with Crippen LogP contribution in [0.5, 0.6) is 5.75 Å². The summed E-state index contributed by atoms with van der Waals surface area (Å²) < 4.78 is 6.00. The zero-order valence-electron chi connectivity index (χ0n) is 22.2. The second-order valence-electron chi connectivity index (χ2n) is 9.86. The number of aryl methyl sites for hydroxylation is 1. The molecular weight excluding hydrogens is 412 g/mol. The molecule has 0 N–H and O–H groups in total. The van der Waals surface area contributed by atoms with Crippen molar-refractivity contribution in [3.8, 4) is 5.75 Å². The first kappa shape index (κ1) is 28.2. The first-order valence-corrected chi connectivity index (χ1v) is 14.3. The number of hydrogen-bond donors (Lipinski definition) is 0. The molecule has 1 heteroatoms. The van der Waals surface area contributed by atoms with Crippen molar-refractivity contribution in [3.05, 3.63) is 71.3 Å². The molecule has 188 valence electrons. The first-order chi connectivity index (χ1) is 16.8. The van der Waals surface area contributed by atoms with Gasteiger partial charge >= 0.3 is 0 Å². The van der Waals surface area contributed by atoms with E-state index in [0.29, 0.717) is 6.61 Å². The van der Waals surface area contributed by atoms with Gasteiger partial charge in [-0.3, -0.25) is 0 Å². The van der Waals surface area contributed by atoms with Gasteiger partial charge in [0.25, 0.3) is 0 Å². The molecule has 2 aromatic carbocycles. The van der Waals surface area contributed by atoms with Crippen LogP contribution in [-0.2, 0) is 13.0 Å². The van der Waals surface area contributed by atoms with Gasteiger partial charge in [-0.05, 0) is 54.5 Å². The largest absolute Gasteiger partial charge is 0.489 e. The second kappa shape index (κ2) is 19.3. The smallest absolute Gasteiger partial charge is 0.119 e. The molecule has 0 unspecified atom stereocenters. The van der Waals surface area contributed by atoms with E-state index in [1.807, 2.05) is 0 Å². The van der Waals surface area contributed by atoms with Crippen LogP contribution in [0.15, 0.2) is 54.6 Å². The molecule has 0 saturated heterocycles. The second-order valence-corrected chi connectivity index (χ2v) is 9.86. The molecule has 0 aliphatic heterocycles. The monoisotopic (exact) mass is 462 g/mol. The average Bonchev–Trinajstić information content (AvgIpc) is 2.87. The number of hydrogen-bond acceptors (Lipinski definition) is 1. The number of benzene rings is 2. The van der Waals surface area contributed by atoms with E-state index in [-0.39, 0.29) is 0 Å². The van der Waals surface area contributed by atoms with Crippen molar-refractivity contribution >= 4 is 6.08 Å². The van der Waals surface area contributed by atoms with E-state index < -0.39 is 0 Å². The highest BCUT2D eigenvalue weighted by Crippen LogP contribution is 2.17. The third-order valence-corrected chi connectivity index (χ3v) is 6.66. The Labute approximate surface area is 211 Å². The van der Waals surface area contributed by atoms with Crippen molar-refractivity contribution in [3.63, 3.8) is 0 Å². The molecule has 1 nitrogen and oxygen atoms in total. The van der Waals surface area contributed by atoms with E-state index in [0.717, 1.165) is 5.75 Å². The Kier molecular flexibility index (Phi) is 16.0. The molecule has 0 saturated carbocycles. The standard InChI is InChI=1S/C33H50O/c1-3-5-7-9-11-12-14-16-17-19-30-21-23-32(24-22-30)29-34-33-27-25-31(26-28-33)20-18-15-13-10-8-6-4-2/h18,20-28H,3-17,19,29H2,1-2H3/b20-18+. The molecule has 0 aliphatic rings. The highest BCUT2D eigenvalue weighted by molar-refractivity contribution is 5.50. The number of ether oxygens (including phenoxy) is 1. The lowest BCUT2D eigenvalue weighted by atomic mass is 10.0. The normalized spacial score (nSPS) is 11.4. The Morgan fingerprint density at radius 2 is 1.09 bits per heavy atom. The first-order valence-electron chi connectivity index (χ1n) is 14.3. The quantitative estimate of drug-likeness (QED) is 0.178. The molecule has 0 amide bonds. The van der Waals surface area contributed by atoms with Gasteiger partial charge < -0.3 is 4.74 Å². The van der Waals surface area contributed by atoms with Crippen LogP contribution >= 0.6 is 0 Å². The fourth-order valence-electron chi connectivity index (χ4n) is 4.37. The molecule has 0 bridgehead atoms. The van der Waals surface area contributed by atoms with Crippen LogP contribution in [0.1, 0.15) is 127 Å². The molecule has 0 aliphatic carbocycles. The van der Waals surface area contributed by atoms with Crippen molar-refractivity contribution < 1.29 is 4.74 Å². The lowest BCUT2D eigenvalue weighted by Crippen LogP contribution is -1.96. The minimum absolute atomic E-state index is 0.630. The average molecular weight is 463 g/mol. The molecule has 0 radical (unpaired) electrons. The lowest BCUT2D eigenvalue weighted by Gasteiger charge is -2.08. The van der Waals surface area contributed by atoms with E-state index in [4.69, 9.17) is 4.74 Å². The van der Waals surface area contributed by atoms with Crippen LogP contribution < -0.4 is 4.74 Å². The highest BCUT2D eigenvalue weighted by atomic mass is 16.5. The maximum absolute atomic E-state index is 6.00. The summed E-state index contributed by atoms with van der Waals surface area (Å²) in [5, 5.41) is 0. The Morgan fingerprint density at radius 1 is 0.559 bits per heavy atom. The van der Waals surface area contributed by atoms with Gasteiger partial charge in [-0.25, -0.2) is 0 Å². The maximum atomic E-state index is 6.00. The molecule has 2 aromatic rings. The van der Waals surface area contributed by atoms with Gasteiger partial charge in [0.2, 0.25) is 0 Å². The predicted molar refractivity (Wildman–Crippen MR) is 151 cm³/mol. The summed E-state index contributed by atoms with van der Waals surface area (Å²) in [6.45, 7) is 5.18. The van der Waals surface area contributed by atoms with Crippen LogP contribution in [0, 0.1) is 0 Å². The van der Waals surface area contributed by atoms with Crippen LogP contribution in [-0.4, -0.2) is 0 Å². The lowest BCUT2D eigenvalue weighted by molar-refractivity contribution is 0.306. The summed E-state index contributed by atoms with van der Waals surface area (Å²) >= 11 is 0. The summed E-state index contributed by atoms with van der Waals surface area (Å²) in [6, 6.07) is 17.5. The molecule has 0 heterocycles. The Hall–Kier alpha value is -2.02. The van der Waals surface area contributed by atoms with Crippen molar-refractivity contribution in [2.75, 3.05) is 0 Å². The van der Waals surface area contributed by atoms with Gasteiger partial charge in [-0.1, -0.05) is 139 Å². The molecule has 34 heavy (non-hydrogen) atoms. The third kappa shape index (κ3) is 13.6. The van der Waals surface area contributed by atoms with E-state index >= 15 is 0 Å². The maximum Gasteiger partial charge on any atom is 0.119 e. The van der Waals surface area contributed by atoms with Crippen molar-refractivity contribution in [1.82, 2.24) is 0 Å². The van der Waals surface area contributed by atoms with Gasteiger partial charge in [0.15, 0.2) is 0 Å². The van der Waals surface area contributed by atoms with Gasteiger partial charge in [-0.15, -0.1) is 0 Å². The van der Waals surface area contributed by atoms with Gasteiger partial charge in [0.1, 0.15) is 12.4 Å². The summed E-state index contributed by atoms with van der Waals surface area (Å²) in [5.74, 6) is 0.940. The summed E-state index contributed by atoms with van der Waals surface area (Å²) in [5.41, 5.74) is 3.94. The minimum atomic E-state index is 0.630. The van der Waals surface area contributed by atoms with Gasteiger partial charge in [0, 0.05) is 0 Å². The molecule has 2 rings (SSSR count). The van der Waals surface area contributed by atoms with Crippen LogP contribution in [0.25, 0.3) is 6.08 Å². The molecular formula is C33H50O. The van der Waals surface area contributed by atoms with Gasteiger partial charge in [0.05, 0.1) is 0 Å². The van der Waals surface area contributed by atoms with Crippen LogP contribution in [0.2, 0.25) is 0 Å². The highest BCUT2D eigenvalue weighted by Gasteiger charge is 1.99. The van der Waals surface area contributed by atoms with E-state index in [1.54, 1.807) is 0 Å². The van der Waals surface area contributed by atoms with Crippen molar-refractivity contribution in [1.29, 1.82) is 0 Å². The van der Waals surface area contributed by atoms with Crippen molar-refractivity contribution in [2.45, 2.75) is 123 Å². The summed E-state index contributed by atoms with van der Waals surface area (Å²) in [4.78, 5) is 0. The number of unbranched alkanes of at least 4 members (excludes halogenated alkanes) is 13. The third-order valence-electron chi connectivity index (χ3n) is 6.66. The minimum Gasteiger partial charge on any atom is -0.489 e. The molecule has 0 spiro atoms. The Bertz CT molecular complexity index is 741. The fourth-order valence-corrected chi connectivity index (χ4v) is 4.37. The topological polar surface area (TPSA) is 9.23 Å². The zero-order valence-corrected chi connectivity index (χ0v) is 22.2. The molecule has 0 atom stereocenters. The van der Waals surface area contributed by atoms with Crippen molar-refractivity contribution in [2.24, 2.45) is 0 Å². The number of rotatable bonds is 20. The predicted octanol–water partition coefficient (Wildman–Crippen LogP) is 10.7. The van der Waals surface area contributed by atoms with Crippen LogP contribution in [0.3, 0.4) is 0 Å². The summed E-state index contributed by atoms with van der Waals surface area (Å²) in [6.07, 6.45) is 26.1. The summed E-state index contributed by atoms with van der Waals surface area (Å²) in [7, 11) is 0. The molecule has 0 fully saturated rings. The fraction of sp³-hybridized carbons (Fsp3) is 0.576.